The zero-order chi connectivity index (χ0) is 21.5. The van der Waals surface area contributed by atoms with Crippen LogP contribution in [0.1, 0.15) is 41.2 Å². The van der Waals surface area contributed by atoms with Crippen molar-refractivity contribution >= 4 is 28.9 Å². The van der Waals surface area contributed by atoms with Crippen molar-refractivity contribution < 1.29 is 4.79 Å². The lowest BCUT2D eigenvalue weighted by Crippen LogP contribution is -2.29. The average molecular weight is 417 g/mol. The summed E-state index contributed by atoms with van der Waals surface area (Å²) in [6.45, 7) is 8.08. The molecule has 3 aromatic heterocycles. The number of anilines is 1. The minimum atomic E-state index is 0.113. The molecule has 1 aliphatic carbocycles. The molecule has 2 aliphatic rings. The van der Waals surface area contributed by atoms with E-state index in [0.29, 0.717) is 24.1 Å². The minimum Gasteiger partial charge on any atom is -0.355 e. The van der Waals surface area contributed by atoms with Crippen molar-refractivity contribution in [3.63, 3.8) is 0 Å². The minimum absolute atomic E-state index is 0.113. The van der Waals surface area contributed by atoms with Crippen molar-refractivity contribution in [1.29, 1.82) is 0 Å². The summed E-state index contributed by atoms with van der Waals surface area (Å²) < 4.78 is 1.96. The van der Waals surface area contributed by atoms with Gasteiger partial charge in [-0.05, 0) is 64.1 Å². The molecule has 7 heteroatoms. The van der Waals surface area contributed by atoms with Gasteiger partial charge in [0.2, 0.25) is 0 Å². The number of Topliss-reactive ketones (excluding diaryl/α,β-unsaturated/α-hetero) is 1. The van der Waals surface area contributed by atoms with Crippen LogP contribution in [0, 0.1) is 13.8 Å². The number of aromatic nitrogens is 4. The fraction of sp³-hybridized carbons (Fsp3) is 0.417. The van der Waals surface area contributed by atoms with Crippen LogP contribution >= 0.6 is 0 Å². The Morgan fingerprint density at radius 3 is 2.68 bits per heavy atom. The summed E-state index contributed by atoms with van der Waals surface area (Å²) in [7, 11) is 2.17. The second kappa shape index (κ2) is 7.89. The molecule has 5 rings (SSSR count). The lowest BCUT2D eigenvalue weighted by atomic mass is 10.1. The predicted octanol–water partition coefficient (Wildman–Crippen LogP) is 2.94. The van der Waals surface area contributed by atoms with Crippen molar-refractivity contribution in [1.82, 2.24) is 24.3 Å². The van der Waals surface area contributed by atoms with Crippen LogP contribution < -0.4 is 4.90 Å². The molecule has 160 valence electrons. The highest BCUT2D eigenvalue weighted by molar-refractivity contribution is 6.25. The maximum absolute atomic E-state index is 13.0. The summed E-state index contributed by atoms with van der Waals surface area (Å²) in [4.78, 5) is 31.9. The molecule has 0 bridgehead atoms. The van der Waals surface area contributed by atoms with Gasteiger partial charge in [-0.3, -0.25) is 9.78 Å². The monoisotopic (exact) mass is 416 g/mol. The number of hydrogen-bond acceptors (Lipinski definition) is 6. The van der Waals surface area contributed by atoms with E-state index in [-0.39, 0.29) is 5.78 Å². The van der Waals surface area contributed by atoms with Gasteiger partial charge in [-0.1, -0.05) is 0 Å². The number of aryl methyl sites for hydroxylation is 3. The van der Waals surface area contributed by atoms with Crippen LogP contribution in [0.5, 0.6) is 0 Å². The normalized spacial score (nSPS) is 18.0. The number of nitrogens with zero attached hydrogens (tertiary/aromatic N) is 6. The Morgan fingerprint density at radius 1 is 0.935 bits per heavy atom. The van der Waals surface area contributed by atoms with Gasteiger partial charge < -0.3 is 14.2 Å². The van der Waals surface area contributed by atoms with E-state index in [2.05, 4.69) is 34.0 Å². The Hall–Kier alpha value is -3.06. The summed E-state index contributed by atoms with van der Waals surface area (Å²) in [6, 6.07) is 4.20. The zero-order valence-electron chi connectivity index (χ0n) is 18.4. The number of hydrogen-bond donors (Lipinski definition) is 0. The SMILES string of the molecule is Cc1cn2cc(C3=Cc4ccc(N5CCCN(C)CC5)nc4CCC3=O)nc2c(C)n1. The molecular weight excluding hydrogens is 388 g/mol. The standard InChI is InChI=1S/C24H28N6O/c1-16-14-30-15-21(27-24(30)17(2)25-16)19-13-18-5-8-23(26-20(18)6-7-22(19)31)29-10-4-9-28(3)11-12-29/h5,8,13-15H,4,6-7,9-12H2,1-3H3. The number of carbonyl (C=O) groups is 1. The lowest BCUT2D eigenvalue weighted by Gasteiger charge is -2.22. The molecule has 0 radical (unpaired) electrons. The van der Waals surface area contributed by atoms with Gasteiger partial charge in [0.15, 0.2) is 11.4 Å². The van der Waals surface area contributed by atoms with Gasteiger partial charge in [-0.15, -0.1) is 0 Å². The lowest BCUT2D eigenvalue weighted by molar-refractivity contribution is -0.113. The molecule has 0 unspecified atom stereocenters. The van der Waals surface area contributed by atoms with E-state index in [9.17, 15) is 4.79 Å². The van der Waals surface area contributed by atoms with E-state index < -0.39 is 0 Å². The van der Waals surface area contributed by atoms with Gasteiger partial charge in [0, 0.05) is 44.0 Å². The Morgan fingerprint density at radius 2 is 1.81 bits per heavy atom. The Balaban J connectivity index is 1.51. The summed E-state index contributed by atoms with van der Waals surface area (Å²) in [5.41, 5.74) is 5.95. The zero-order valence-corrected chi connectivity index (χ0v) is 18.4. The molecule has 0 amide bonds. The van der Waals surface area contributed by atoms with Crippen LogP contribution in [0.3, 0.4) is 0 Å². The molecular formula is C24H28N6O. The number of imidazole rings is 1. The van der Waals surface area contributed by atoms with E-state index in [4.69, 9.17) is 9.97 Å². The highest BCUT2D eigenvalue weighted by atomic mass is 16.1. The van der Waals surface area contributed by atoms with Crippen molar-refractivity contribution in [3.8, 4) is 0 Å². The van der Waals surface area contributed by atoms with Gasteiger partial charge in [0.1, 0.15) is 5.82 Å². The van der Waals surface area contributed by atoms with Crippen molar-refractivity contribution in [3.05, 3.63) is 52.9 Å². The van der Waals surface area contributed by atoms with Crippen molar-refractivity contribution in [2.45, 2.75) is 33.1 Å². The number of fused-ring (bicyclic) bond motifs is 2. The average Bonchev–Trinajstić information content (AvgIpc) is 2.94. The van der Waals surface area contributed by atoms with Crippen molar-refractivity contribution in [2.24, 2.45) is 0 Å². The summed E-state index contributed by atoms with van der Waals surface area (Å²) >= 11 is 0. The summed E-state index contributed by atoms with van der Waals surface area (Å²) in [5, 5.41) is 0. The molecule has 0 N–H and O–H groups in total. The van der Waals surface area contributed by atoms with Crippen LogP contribution in [0.15, 0.2) is 24.5 Å². The topological polar surface area (TPSA) is 66.6 Å². The molecule has 0 aromatic carbocycles. The van der Waals surface area contributed by atoms with Gasteiger partial charge in [0.25, 0.3) is 0 Å². The fourth-order valence-corrected chi connectivity index (χ4v) is 4.54. The number of allylic oxidation sites excluding steroid dienone is 1. The fourth-order valence-electron chi connectivity index (χ4n) is 4.54. The molecule has 3 aromatic rings. The summed E-state index contributed by atoms with van der Waals surface area (Å²) in [5.74, 6) is 1.13. The number of rotatable bonds is 2. The number of pyridine rings is 1. The van der Waals surface area contributed by atoms with Crippen molar-refractivity contribution in [2.75, 3.05) is 38.1 Å². The first-order valence-electron chi connectivity index (χ1n) is 11.0. The van der Waals surface area contributed by atoms with E-state index in [1.165, 1.54) is 0 Å². The number of likely N-dealkylation sites (N-methyl/N-ethyl adjacent to an activating group) is 1. The van der Waals surface area contributed by atoms with Gasteiger partial charge in [-0.25, -0.2) is 9.97 Å². The third-order valence-electron chi connectivity index (χ3n) is 6.23. The highest BCUT2D eigenvalue weighted by Gasteiger charge is 2.22. The quantitative estimate of drug-likeness (QED) is 0.640. The first-order valence-corrected chi connectivity index (χ1v) is 11.0. The smallest absolute Gasteiger partial charge is 0.165 e. The molecule has 1 saturated heterocycles. The van der Waals surface area contributed by atoms with Crippen LogP contribution in [-0.4, -0.2) is 63.3 Å². The first kappa shape index (κ1) is 19.9. The van der Waals surface area contributed by atoms with Crippen LogP contribution in [0.25, 0.3) is 17.3 Å². The number of ketones is 1. The number of carbonyl (C=O) groups excluding carboxylic acids is 1. The highest BCUT2D eigenvalue weighted by Crippen LogP contribution is 2.28. The first-order chi connectivity index (χ1) is 15.0. The Bertz CT molecular complexity index is 1190. The van der Waals surface area contributed by atoms with E-state index >= 15 is 0 Å². The second-order valence-corrected chi connectivity index (χ2v) is 8.66. The molecule has 4 heterocycles. The van der Waals surface area contributed by atoms with E-state index in [1.54, 1.807) is 0 Å². The van der Waals surface area contributed by atoms with E-state index in [0.717, 1.165) is 66.7 Å². The van der Waals surface area contributed by atoms with E-state index in [1.807, 2.05) is 36.7 Å². The maximum atomic E-state index is 13.0. The van der Waals surface area contributed by atoms with Crippen LogP contribution in [0.4, 0.5) is 5.82 Å². The molecule has 0 spiro atoms. The molecule has 7 nitrogen and oxygen atoms in total. The molecule has 1 fully saturated rings. The molecule has 0 saturated carbocycles. The third kappa shape index (κ3) is 3.85. The summed E-state index contributed by atoms with van der Waals surface area (Å²) in [6.07, 6.45) is 8.09. The third-order valence-corrected chi connectivity index (χ3v) is 6.23. The molecule has 1 aliphatic heterocycles. The Kier molecular flexibility index (Phi) is 5.06. The molecule has 0 atom stereocenters. The van der Waals surface area contributed by atoms with Crippen LogP contribution in [0.2, 0.25) is 0 Å². The molecule has 31 heavy (non-hydrogen) atoms. The predicted molar refractivity (Wildman–Crippen MR) is 122 cm³/mol. The van der Waals surface area contributed by atoms with Gasteiger partial charge in [-0.2, -0.15) is 0 Å². The Labute approximate surface area is 182 Å². The second-order valence-electron chi connectivity index (χ2n) is 8.66. The van der Waals surface area contributed by atoms with Gasteiger partial charge >= 0.3 is 0 Å². The van der Waals surface area contributed by atoms with Gasteiger partial charge in [0.05, 0.1) is 22.8 Å². The largest absolute Gasteiger partial charge is 0.355 e. The van der Waals surface area contributed by atoms with Crippen LogP contribution in [-0.2, 0) is 11.2 Å². The maximum Gasteiger partial charge on any atom is 0.165 e.